The first-order valence-corrected chi connectivity index (χ1v) is 8.72. The topological polar surface area (TPSA) is 22.2 Å². The van der Waals surface area contributed by atoms with E-state index in [4.69, 9.17) is 4.98 Å². The van der Waals surface area contributed by atoms with E-state index in [0.29, 0.717) is 0 Å². The second-order valence-electron chi connectivity index (χ2n) is 5.88. The highest BCUT2D eigenvalue weighted by Gasteiger charge is 2.20. The summed E-state index contributed by atoms with van der Waals surface area (Å²) in [6, 6.07) is 18.7. The van der Waals surface area contributed by atoms with Crippen molar-refractivity contribution in [3.8, 4) is 5.69 Å². The van der Waals surface area contributed by atoms with Gasteiger partial charge in [-0.15, -0.1) is 0 Å². The highest BCUT2D eigenvalue weighted by Crippen LogP contribution is 2.32. The van der Waals surface area contributed by atoms with Crippen molar-refractivity contribution in [2.24, 2.45) is 0 Å². The summed E-state index contributed by atoms with van der Waals surface area (Å²) >= 11 is 3.68. The van der Waals surface area contributed by atoms with Crippen LogP contribution in [-0.4, -0.2) is 14.0 Å². The molecule has 0 amide bonds. The van der Waals surface area contributed by atoms with Gasteiger partial charge in [0.1, 0.15) is 0 Å². The lowest BCUT2D eigenvalue weighted by Crippen LogP contribution is -1.97. The normalized spacial score (nSPS) is 14.0. The molecule has 0 atom stereocenters. The third kappa shape index (κ3) is 1.93. The Balaban J connectivity index is 2.00. The molecule has 0 saturated carbocycles. The highest BCUT2D eigenvalue weighted by atomic mass is 79.9. The molecule has 0 radical (unpaired) electrons. The Bertz CT molecular complexity index is 1130. The fraction of sp³-hybridized carbons (Fsp3) is 0.0500. The molecule has 0 fully saturated rings. The van der Waals surface area contributed by atoms with Gasteiger partial charge in [-0.2, -0.15) is 0 Å². The smallest absolute Gasteiger partial charge is 0.220 e. The van der Waals surface area contributed by atoms with Gasteiger partial charge in [-0.05, 0) is 42.8 Å². The first-order valence-electron chi connectivity index (χ1n) is 7.93. The van der Waals surface area contributed by atoms with Crippen LogP contribution >= 0.6 is 15.9 Å². The number of allylic oxidation sites excluding steroid dienone is 2. The molecular weight excluding hydrogens is 362 g/mol. The number of para-hydroxylation sites is 3. The molecule has 2 heterocycles. The zero-order valence-corrected chi connectivity index (χ0v) is 14.4. The quantitative estimate of drug-likeness (QED) is 0.434. The Labute approximate surface area is 147 Å². The summed E-state index contributed by atoms with van der Waals surface area (Å²) in [7, 11) is 0. The average molecular weight is 376 g/mol. The van der Waals surface area contributed by atoms with Gasteiger partial charge in [0.25, 0.3) is 0 Å². The second-order valence-corrected chi connectivity index (χ2v) is 6.89. The maximum atomic E-state index is 4.90. The number of nitrogens with zero attached hydrogens (tertiary/aromatic N) is 3. The molecule has 116 valence electrons. The predicted octanol–water partition coefficient (Wildman–Crippen LogP) is 5.43. The molecule has 0 N–H and O–H groups in total. The maximum absolute atomic E-state index is 4.90. The molecule has 24 heavy (non-hydrogen) atoms. The van der Waals surface area contributed by atoms with E-state index in [-0.39, 0.29) is 0 Å². The van der Waals surface area contributed by atoms with Crippen molar-refractivity contribution < 1.29 is 0 Å². The molecule has 2 aromatic heterocycles. The van der Waals surface area contributed by atoms with Crippen LogP contribution in [0.4, 0.5) is 0 Å². The molecule has 4 aromatic rings. The van der Waals surface area contributed by atoms with Crippen LogP contribution in [0.2, 0.25) is 0 Å². The van der Waals surface area contributed by atoms with E-state index < -0.39 is 0 Å². The van der Waals surface area contributed by atoms with Gasteiger partial charge in [-0.25, -0.2) is 4.98 Å². The first kappa shape index (κ1) is 13.8. The third-order valence-electron chi connectivity index (χ3n) is 4.38. The summed E-state index contributed by atoms with van der Waals surface area (Å²) in [4.78, 5) is 4.90. The fourth-order valence-corrected chi connectivity index (χ4v) is 3.76. The fourth-order valence-electron chi connectivity index (χ4n) is 3.36. The summed E-state index contributed by atoms with van der Waals surface area (Å²) in [6.07, 6.45) is 7.48. The SMILES string of the molecule is BrC1=Cc2c(n(-c3ccccc3)c3nc4ccccc4n23)C=CC1. The van der Waals surface area contributed by atoms with Crippen molar-refractivity contribution in [1.29, 1.82) is 0 Å². The van der Waals surface area contributed by atoms with E-state index in [1.165, 1.54) is 4.48 Å². The molecule has 1 aliphatic rings. The summed E-state index contributed by atoms with van der Waals surface area (Å²) in [5, 5.41) is 0. The van der Waals surface area contributed by atoms with Gasteiger partial charge in [-0.3, -0.25) is 8.97 Å². The van der Waals surface area contributed by atoms with E-state index >= 15 is 0 Å². The third-order valence-corrected chi connectivity index (χ3v) is 4.94. The number of imidazole rings is 2. The summed E-state index contributed by atoms with van der Waals surface area (Å²) in [5.41, 5.74) is 5.57. The number of hydrogen-bond donors (Lipinski definition) is 0. The van der Waals surface area contributed by atoms with Gasteiger partial charge in [0.2, 0.25) is 5.78 Å². The van der Waals surface area contributed by atoms with Gasteiger partial charge in [0.05, 0.1) is 22.4 Å². The van der Waals surface area contributed by atoms with Crippen LogP contribution in [0.15, 0.2) is 65.2 Å². The minimum absolute atomic E-state index is 0.900. The van der Waals surface area contributed by atoms with E-state index in [1.807, 2.05) is 12.1 Å². The van der Waals surface area contributed by atoms with Gasteiger partial charge in [0.15, 0.2) is 0 Å². The lowest BCUT2D eigenvalue weighted by Gasteiger charge is -2.06. The van der Waals surface area contributed by atoms with Gasteiger partial charge >= 0.3 is 0 Å². The maximum Gasteiger partial charge on any atom is 0.220 e. The molecule has 5 rings (SSSR count). The average Bonchev–Trinajstić information content (AvgIpc) is 3.04. The predicted molar refractivity (Wildman–Crippen MR) is 103 cm³/mol. The van der Waals surface area contributed by atoms with Gasteiger partial charge in [-0.1, -0.05) is 52.3 Å². The van der Waals surface area contributed by atoms with Crippen molar-refractivity contribution in [2.45, 2.75) is 6.42 Å². The standard InChI is InChI=1S/C20H14BrN3/c21-14-7-6-12-18-19(13-14)24-17-11-5-4-10-16(17)22-20(24)23(18)15-8-2-1-3-9-15/h1-6,8-13H,7H2. The molecule has 3 nitrogen and oxygen atoms in total. The monoisotopic (exact) mass is 375 g/mol. The van der Waals surface area contributed by atoms with Crippen molar-refractivity contribution in [1.82, 2.24) is 14.0 Å². The number of halogens is 1. The molecule has 0 aliphatic heterocycles. The molecule has 4 heteroatoms. The Hall–Kier alpha value is -2.59. The molecule has 0 saturated heterocycles. The number of aromatic nitrogens is 3. The first-order chi connectivity index (χ1) is 11.8. The number of hydrogen-bond acceptors (Lipinski definition) is 1. The number of fused-ring (bicyclic) bond motifs is 5. The Kier molecular flexibility index (Phi) is 3.00. The van der Waals surface area contributed by atoms with Crippen molar-refractivity contribution in [3.63, 3.8) is 0 Å². The van der Waals surface area contributed by atoms with Crippen LogP contribution < -0.4 is 0 Å². The molecular formula is C20H14BrN3. The largest absolute Gasteiger partial charge is 0.278 e. The van der Waals surface area contributed by atoms with Crippen LogP contribution in [0, 0.1) is 0 Å². The second kappa shape index (κ2) is 5.21. The van der Waals surface area contributed by atoms with E-state index in [9.17, 15) is 0 Å². The molecule has 0 unspecified atom stereocenters. The summed E-state index contributed by atoms with van der Waals surface area (Å²) in [5.74, 6) is 0.940. The number of benzene rings is 2. The Morgan fingerprint density at radius 2 is 1.71 bits per heavy atom. The summed E-state index contributed by atoms with van der Waals surface area (Å²) < 4.78 is 5.64. The number of rotatable bonds is 1. The molecule has 2 aromatic carbocycles. The zero-order valence-electron chi connectivity index (χ0n) is 12.9. The zero-order chi connectivity index (χ0) is 16.1. The van der Waals surface area contributed by atoms with Gasteiger partial charge < -0.3 is 0 Å². The highest BCUT2D eigenvalue weighted by molar-refractivity contribution is 9.11. The van der Waals surface area contributed by atoms with Gasteiger partial charge in [0, 0.05) is 10.2 Å². The van der Waals surface area contributed by atoms with Crippen LogP contribution in [0.1, 0.15) is 17.8 Å². The Morgan fingerprint density at radius 3 is 2.58 bits per heavy atom. The lowest BCUT2D eigenvalue weighted by atomic mass is 10.2. The van der Waals surface area contributed by atoms with Crippen LogP contribution in [0.25, 0.3) is 34.7 Å². The molecule has 0 spiro atoms. The minimum atomic E-state index is 0.900. The van der Waals surface area contributed by atoms with E-state index in [0.717, 1.165) is 40.3 Å². The van der Waals surface area contributed by atoms with Crippen molar-refractivity contribution in [2.75, 3.05) is 0 Å². The van der Waals surface area contributed by atoms with Crippen LogP contribution in [-0.2, 0) is 0 Å². The molecule has 0 bridgehead atoms. The van der Waals surface area contributed by atoms with E-state index in [1.54, 1.807) is 0 Å². The Morgan fingerprint density at radius 1 is 0.917 bits per heavy atom. The van der Waals surface area contributed by atoms with Crippen molar-refractivity contribution in [3.05, 3.63) is 76.5 Å². The van der Waals surface area contributed by atoms with E-state index in [2.05, 4.69) is 85.6 Å². The molecule has 1 aliphatic carbocycles. The summed E-state index contributed by atoms with van der Waals surface area (Å²) in [6.45, 7) is 0. The minimum Gasteiger partial charge on any atom is -0.278 e. The van der Waals surface area contributed by atoms with Crippen LogP contribution in [0.5, 0.6) is 0 Å². The lowest BCUT2D eigenvalue weighted by molar-refractivity contribution is 1.07. The van der Waals surface area contributed by atoms with Crippen molar-refractivity contribution >= 4 is 44.9 Å². The van der Waals surface area contributed by atoms with Crippen LogP contribution in [0.3, 0.4) is 0 Å².